The van der Waals surface area contributed by atoms with Crippen molar-refractivity contribution in [3.8, 4) is 5.75 Å². The number of benzene rings is 3. The minimum absolute atomic E-state index is 0.0449. The van der Waals surface area contributed by atoms with E-state index in [0.717, 1.165) is 24.0 Å². The Morgan fingerprint density at radius 2 is 1.13 bits per heavy atom. The molecule has 32 heteroatoms. The van der Waals surface area contributed by atoms with Crippen LogP contribution in [0.4, 0.5) is 30.7 Å². The van der Waals surface area contributed by atoms with Gasteiger partial charge in [-0.05, 0) is 135 Å². The van der Waals surface area contributed by atoms with Gasteiger partial charge >= 0.3 is 0 Å². The number of aliphatic imine (C=N–C) groups is 3. The minimum atomic E-state index is -4.10. The number of alkyl halides is 4. The number of sulfone groups is 2. The third-order valence-corrected chi connectivity index (χ3v) is 30.4. The van der Waals surface area contributed by atoms with Gasteiger partial charge in [-0.2, -0.15) is 0 Å². The van der Waals surface area contributed by atoms with Gasteiger partial charge in [0.15, 0.2) is 36.0 Å². The van der Waals surface area contributed by atoms with Crippen molar-refractivity contribution in [3.63, 3.8) is 0 Å². The average molecular weight is 1450 g/mol. The van der Waals surface area contributed by atoms with E-state index in [1.54, 1.807) is 52.3 Å². The van der Waals surface area contributed by atoms with E-state index in [-0.39, 0.29) is 82.7 Å². The molecule has 6 aliphatic heterocycles. The van der Waals surface area contributed by atoms with Gasteiger partial charge in [0.2, 0.25) is 0 Å². The monoisotopic (exact) mass is 1450 g/mol. The predicted octanol–water partition coefficient (Wildman–Crippen LogP) is 9.66. The first-order chi connectivity index (χ1) is 46.0. The number of carbonyl (C=O) groups excluding carboxylic acids is 2. The van der Waals surface area contributed by atoms with Crippen molar-refractivity contribution < 1.29 is 66.1 Å². The molecule has 98 heavy (non-hydrogen) atoms. The number of rotatable bonds is 15. The van der Waals surface area contributed by atoms with Crippen LogP contribution < -0.4 is 21.9 Å². The number of nitrogens with zero attached hydrogens (tertiary/aromatic N) is 9. The van der Waals surface area contributed by atoms with Gasteiger partial charge in [0.1, 0.15) is 109 Å². The molecular weight excluding hydrogens is 1390 g/mol. The SMILES string of the molecule is C=S1(=O)[C@H]2CC[C@]1(CF)C(N)=N[C@]2(C)c1cc(CC(=O)c2ncc(Cl)cc2Cl)ccc1F.COc1cnc2c(Cc3ccc(F)c([C@@]4(C)N=C(N)[C@@]5(C)CC[C@@H]4S5(=O)=O)c3)ncnc2c1.C[C@]1(c2cc(CC(=O)c3cnc(C(F)F)cn3)ccc2F)N=C(N)[C@@]2(CF)CC[C@@H]1S2(=O)=O. The van der Waals surface area contributed by atoms with Gasteiger partial charge in [0.25, 0.3) is 6.43 Å². The van der Waals surface area contributed by atoms with E-state index >= 15 is 8.78 Å². The van der Waals surface area contributed by atoms with E-state index in [4.69, 9.17) is 45.1 Å². The van der Waals surface area contributed by atoms with Gasteiger partial charge in [0, 0.05) is 48.2 Å². The molecule has 6 aliphatic rings. The molecule has 0 saturated carbocycles. The van der Waals surface area contributed by atoms with Gasteiger partial charge < -0.3 is 21.9 Å². The maximum atomic E-state index is 15.1. The number of ether oxygens (including phenoxy) is 1. The topological polar surface area (TPSA) is 321 Å². The molecule has 0 aliphatic carbocycles. The third kappa shape index (κ3) is 11.5. The first kappa shape index (κ1) is 71.2. The summed E-state index contributed by atoms with van der Waals surface area (Å²) in [4.78, 5) is 62.8. The lowest BCUT2D eigenvalue weighted by Crippen LogP contribution is -2.58. The molecule has 1 unspecified atom stereocenters. The van der Waals surface area contributed by atoms with E-state index in [9.17, 15) is 52.6 Å². The largest absolute Gasteiger partial charge is 0.495 e. The average Bonchev–Trinajstić information content (AvgIpc) is 1.51. The van der Waals surface area contributed by atoms with Gasteiger partial charge in [-0.15, -0.1) is 0 Å². The summed E-state index contributed by atoms with van der Waals surface area (Å²) in [5.41, 5.74) is 17.0. The number of fused-ring (bicyclic) bond motifs is 7. The molecule has 0 spiro atoms. The Labute approximate surface area is 569 Å². The van der Waals surface area contributed by atoms with Crippen LogP contribution in [-0.2, 0) is 65.1 Å². The Kier molecular flexibility index (Phi) is 18.6. The Morgan fingerprint density at radius 1 is 0.612 bits per heavy atom. The Hall–Kier alpha value is -8.06. The fourth-order valence-corrected chi connectivity index (χ4v) is 23.2. The number of hydrogen-bond donors (Lipinski definition) is 3. The van der Waals surface area contributed by atoms with Crippen LogP contribution in [0.5, 0.6) is 5.75 Å². The molecule has 6 N–H and O–H groups in total. The highest BCUT2D eigenvalue weighted by atomic mass is 35.5. The second-order valence-electron chi connectivity index (χ2n) is 25.8. The van der Waals surface area contributed by atoms with Gasteiger partial charge in [0.05, 0.1) is 62.7 Å². The molecule has 3 aromatic carbocycles. The lowest BCUT2D eigenvalue weighted by Gasteiger charge is -2.42. The van der Waals surface area contributed by atoms with Gasteiger partial charge in [-0.25, -0.2) is 72.5 Å². The molecule has 7 aromatic rings. The Bertz CT molecular complexity index is 4910. The van der Waals surface area contributed by atoms with Crippen LogP contribution in [0, 0.1) is 17.5 Å². The number of halogens is 9. The summed E-state index contributed by atoms with van der Waals surface area (Å²) in [6, 6.07) is 15.8. The van der Waals surface area contributed by atoms with Crippen molar-refractivity contribution in [2.75, 3.05) is 20.5 Å². The Morgan fingerprint density at radius 3 is 1.69 bits per heavy atom. The van der Waals surface area contributed by atoms with Gasteiger partial charge in [-0.1, -0.05) is 47.5 Å². The summed E-state index contributed by atoms with van der Waals surface area (Å²) in [5, 5.41) is -2.28. The third-order valence-electron chi connectivity index (χ3n) is 20.2. The van der Waals surface area contributed by atoms with Crippen LogP contribution in [0.2, 0.25) is 10.0 Å². The van der Waals surface area contributed by atoms with E-state index in [0.29, 0.717) is 64.3 Å². The highest BCUT2D eigenvalue weighted by Crippen LogP contribution is 2.55. The number of pyridine rings is 2. The molecule has 13 rings (SSSR count). The zero-order valence-corrected chi connectivity index (χ0v) is 57.1. The first-order valence-electron chi connectivity index (χ1n) is 30.5. The zero-order chi connectivity index (χ0) is 71.3. The molecule has 3 fully saturated rings. The van der Waals surface area contributed by atoms with E-state index in [1.165, 1.54) is 61.9 Å². The van der Waals surface area contributed by atoms with Crippen molar-refractivity contribution in [2.24, 2.45) is 32.2 Å². The van der Waals surface area contributed by atoms with E-state index < -0.39 is 130 Å². The van der Waals surface area contributed by atoms with Crippen LogP contribution >= 0.6 is 23.2 Å². The minimum Gasteiger partial charge on any atom is -0.495 e. The molecule has 10 atom stereocenters. The molecule has 0 radical (unpaired) electrons. The lowest BCUT2D eigenvalue weighted by atomic mass is 9.85. The normalized spacial score (nSPS) is 29.1. The van der Waals surface area contributed by atoms with Crippen molar-refractivity contribution in [3.05, 3.63) is 181 Å². The smallest absolute Gasteiger partial charge is 0.281 e. The quantitative estimate of drug-likeness (QED) is 0.0488. The fraction of sp³-hybridized carbons (Fsp3) is 0.394. The number of aromatic nitrogens is 6. The molecular formula is C66H65Cl2F7N12O8S3. The van der Waals surface area contributed by atoms with E-state index in [1.807, 2.05) is 0 Å². The first-order valence-corrected chi connectivity index (χ1v) is 36.2. The zero-order valence-electron chi connectivity index (χ0n) is 53.2. The molecule has 0 amide bonds. The van der Waals surface area contributed by atoms with Crippen LogP contribution in [0.25, 0.3) is 11.0 Å². The van der Waals surface area contributed by atoms with Crippen LogP contribution in [0.15, 0.2) is 113 Å². The van der Waals surface area contributed by atoms with E-state index in [2.05, 4.69) is 50.8 Å². The number of Topliss-reactive ketones (excluding diaryl/α,β-unsaturated/α-hetero) is 2. The second kappa shape index (κ2) is 25.6. The summed E-state index contributed by atoms with van der Waals surface area (Å²) >= 11 is 11.9. The predicted molar refractivity (Wildman–Crippen MR) is 358 cm³/mol. The van der Waals surface area contributed by atoms with Crippen molar-refractivity contribution >= 4 is 98.4 Å². The number of amidine groups is 3. The molecule has 20 nitrogen and oxygen atoms in total. The number of ketones is 2. The van der Waals surface area contributed by atoms with Crippen LogP contribution in [0.3, 0.4) is 0 Å². The maximum absolute atomic E-state index is 15.1. The highest BCUT2D eigenvalue weighted by Gasteiger charge is 2.67. The lowest BCUT2D eigenvalue weighted by molar-refractivity contribution is 0.0979. The van der Waals surface area contributed by atoms with Crippen LogP contribution in [0.1, 0.15) is 138 Å². The van der Waals surface area contributed by atoms with Crippen molar-refractivity contribution in [1.29, 1.82) is 0 Å². The number of nitrogens with two attached hydrogens (primary N) is 3. The second-order valence-corrected chi connectivity index (χ2v) is 34.5. The summed E-state index contributed by atoms with van der Waals surface area (Å²) in [6.45, 7) is 4.18. The summed E-state index contributed by atoms with van der Waals surface area (Å²) < 4.78 is 165. The summed E-state index contributed by atoms with van der Waals surface area (Å²) in [7, 11) is -9.22. The number of hydrogen-bond acceptors (Lipinski definition) is 20. The fourth-order valence-electron chi connectivity index (χ4n) is 14.4. The molecule has 3 saturated heterocycles. The van der Waals surface area contributed by atoms with Crippen molar-refractivity contribution in [1.82, 2.24) is 29.9 Å². The molecule has 10 heterocycles. The molecule has 6 bridgehead atoms. The summed E-state index contributed by atoms with van der Waals surface area (Å²) in [6.07, 6.45) is 4.62. The Balaban J connectivity index is 0.000000149. The number of methoxy groups -OCH3 is 1. The standard InChI is InChI=1S/C23H24FN5O3S.C22H21Cl2F2N3O2S.C21H20F4N4O3S/c1-22-7-6-19(33(22,30)31)23(2,29-21(22)25)15-8-13(4-5-16(15)24)9-17-20-18(28-12-27-17)10-14(32-3)11-26-20;1-21(18-5-6-22(11-25,20(27)29-21)32(18,2)31)14-7-12(3-4-16(14)26)8-17(30)19-15(24)9-13(23)10-28-19;1-20(17-4-5-21(10-22,19(26)29-20)33(17,31)32)12-6-11(2-3-13(12)23)7-16(30)14-8-28-15(9-27-14)18(24)25/h4-5,8,10-12,19H,6-7,9H2,1-3H3,(H2,25,29);3-4,7,9-10,18H,2,5-6,8,11H2,1H3,(H2,27,29);2-3,6,8-9,17-18H,4-5,7,10H2,1H3,(H2,26,29)/t19-,22+,23+;18-,21+,22-,32?;17-,20+,21-/m000/s1. The van der Waals surface area contributed by atoms with Gasteiger partial charge in [-0.3, -0.25) is 33.8 Å². The molecule has 4 aromatic heterocycles. The highest BCUT2D eigenvalue weighted by molar-refractivity contribution is 8.03. The van der Waals surface area contributed by atoms with Crippen LogP contribution in [-0.4, -0.2) is 136 Å². The maximum Gasteiger partial charge on any atom is 0.281 e. The van der Waals surface area contributed by atoms with Crippen molar-refractivity contribution in [2.45, 2.75) is 139 Å². The summed E-state index contributed by atoms with van der Waals surface area (Å²) in [5.74, 6) is 1.20. The molecule has 518 valence electrons. The number of carbonyl (C=O) groups is 2.